The van der Waals surface area contributed by atoms with E-state index in [1.54, 1.807) is 0 Å². The molecule has 3 heteroatoms. The highest BCUT2D eigenvalue weighted by atomic mass is 32.1. The predicted octanol–water partition coefficient (Wildman–Crippen LogP) is 1.35. The van der Waals surface area contributed by atoms with Crippen molar-refractivity contribution in [2.45, 2.75) is 13.8 Å². The Labute approximate surface area is 67.9 Å². The smallest absolute Gasteiger partial charge is 0.0984 e. The fourth-order valence-corrected chi connectivity index (χ4v) is 0.901. The number of nitrogens with zero attached hydrogens (tertiary/aromatic N) is 1. The van der Waals surface area contributed by atoms with Crippen molar-refractivity contribution >= 4 is 17.7 Å². The molecule has 0 aromatic rings. The van der Waals surface area contributed by atoms with E-state index >= 15 is 0 Å². The minimum absolute atomic E-state index is 0.875. The van der Waals surface area contributed by atoms with Crippen LogP contribution in [0.2, 0.25) is 0 Å². The van der Waals surface area contributed by atoms with E-state index in [0.29, 0.717) is 0 Å². The van der Waals surface area contributed by atoms with Crippen LogP contribution in [0.5, 0.6) is 0 Å². The zero-order chi connectivity index (χ0) is 7.98. The number of thiocarbonyl (C=S) groups is 1. The molecule has 0 aromatic carbocycles. The molecule has 0 aliphatic heterocycles. The van der Waals surface area contributed by atoms with Gasteiger partial charge in [-0.15, -0.1) is 0 Å². The van der Waals surface area contributed by atoms with Crippen LogP contribution in [0.25, 0.3) is 0 Å². The van der Waals surface area contributed by atoms with Gasteiger partial charge in [0.15, 0.2) is 0 Å². The van der Waals surface area contributed by atoms with Crippen molar-refractivity contribution in [2.75, 3.05) is 13.1 Å². The van der Waals surface area contributed by atoms with E-state index in [9.17, 15) is 0 Å². The Morgan fingerprint density at radius 2 is 2.10 bits per heavy atom. The highest BCUT2D eigenvalue weighted by Crippen LogP contribution is 1.94. The van der Waals surface area contributed by atoms with Crippen molar-refractivity contribution in [1.29, 1.82) is 0 Å². The van der Waals surface area contributed by atoms with Crippen LogP contribution in [-0.2, 0) is 0 Å². The van der Waals surface area contributed by atoms with E-state index in [0.717, 1.165) is 18.9 Å². The highest BCUT2D eigenvalue weighted by molar-refractivity contribution is 7.78. The molecule has 0 saturated heterocycles. The summed E-state index contributed by atoms with van der Waals surface area (Å²) in [6.07, 6.45) is 0. The van der Waals surface area contributed by atoms with Crippen molar-refractivity contribution < 1.29 is 0 Å². The number of rotatable bonds is 5. The minimum atomic E-state index is 0.875. The molecule has 0 saturated carbocycles. The highest BCUT2D eigenvalue weighted by Gasteiger charge is 1.98. The van der Waals surface area contributed by atoms with Gasteiger partial charge >= 0.3 is 0 Å². The Morgan fingerprint density at radius 1 is 1.60 bits per heavy atom. The van der Waals surface area contributed by atoms with Gasteiger partial charge < -0.3 is 10.2 Å². The van der Waals surface area contributed by atoms with E-state index in [4.69, 9.17) is 0 Å². The summed E-state index contributed by atoms with van der Waals surface area (Å²) in [5.41, 5.74) is 1.47. The third kappa shape index (κ3) is 2.82. The Balaban J connectivity index is 3.76. The largest absolute Gasteiger partial charge is 0.359 e. The monoisotopic (exact) mass is 158 g/mol. The van der Waals surface area contributed by atoms with Crippen molar-refractivity contribution in [3.05, 3.63) is 12.4 Å². The fourth-order valence-electron chi connectivity index (χ4n) is 0.765. The Bertz CT molecular complexity index is 119. The first-order chi connectivity index (χ1) is 4.76. The third-order valence-electron chi connectivity index (χ3n) is 1.37. The maximum absolute atomic E-state index is 4.62. The van der Waals surface area contributed by atoms with Crippen LogP contribution < -0.4 is 5.32 Å². The van der Waals surface area contributed by atoms with E-state index < -0.39 is 0 Å². The number of nitrogens with one attached hydrogen (secondary N) is 1. The quantitative estimate of drug-likeness (QED) is 0.608. The Morgan fingerprint density at radius 3 is 2.40 bits per heavy atom. The van der Waals surface area contributed by atoms with Crippen molar-refractivity contribution in [3.63, 3.8) is 0 Å². The van der Waals surface area contributed by atoms with Crippen molar-refractivity contribution in [2.24, 2.45) is 0 Å². The first-order valence-corrected chi connectivity index (χ1v) is 3.87. The van der Waals surface area contributed by atoms with Gasteiger partial charge in [-0.1, -0.05) is 18.8 Å². The molecule has 1 N–H and O–H groups in total. The van der Waals surface area contributed by atoms with Crippen molar-refractivity contribution in [1.82, 2.24) is 10.2 Å². The summed E-state index contributed by atoms with van der Waals surface area (Å²) in [4.78, 5) is 2.10. The molecule has 0 heterocycles. The zero-order valence-electron chi connectivity index (χ0n) is 6.55. The first kappa shape index (κ1) is 9.43. The molecule has 2 nitrogen and oxygen atoms in total. The van der Waals surface area contributed by atoms with Crippen LogP contribution >= 0.6 is 12.2 Å². The molecule has 0 rings (SSSR count). The van der Waals surface area contributed by atoms with Gasteiger partial charge in [-0.05, 0) is 13.8 Å². The molecule has 58 valence electrons. The molecule has 0 aliphatic rings. The van der Waals surface area contributed by atoms with E-state index in [1.165, 1.54) is 5.49 Å². The molecule has 0 fully saturated rings. The van der Waals surface area contributed by atoms with Gasteiger partial charge in [-0.25, -0.2) is 0 Å². The molecule has 0 radical (unpaired) electrons. The summed E-state index contributed by atoms with van der Waals surface area (Å²) in [5.74, 6) is 0.875. The second-order valence-corrected chi connectivity index (χ2v) is 2.12. The minimum Gasteiger partial charge on any atom is -0.359 e. The first-order valence-electron chi connectivity index (χ1n) is 3.40. The van der Waals surface area contributed by atoms with Crippen LogP contribution in [0.4, 0.5) is 0 Å². The molecule has 10 heavy (non-hydrogen) atoms. The molecule has 0 spiro atoms. The lowest BCUT2D eigenvalue weighted by atomic mass is 10.5. The summed E-state index contributed by atoms with van der Waals surface area (Å²) >= 11 is 4.62. The second-order valence-electron chi connectivity index (χ2n) is 1.88. The normalized spacial score (nSPS) is 8.60. The van der Waals surface area contributed by atoms with Crippen molar-refractivity contribution in [3.8, 4) is 0 Å². The average molecular weight is 158 g/mol. The lowest BCUT2D eigenvalue weighted by Crippen LogP contribution is -2.29. The molecular weight excluding hydrogens is 144 g/mol. The summed E-state index contributed by atoms with van der Waals surface area (Å²) in [5, 5.41) is 2.87. The number of hydrogen-bond acceptors (Lipinski definition) is 2. The van der Waals surface area contributed by atoms with Gasteiger partial charge in [0.05, 0.1) is 11.3 Å². The molecular formula is C7H14N2S. The Kier molecular flexibility index (Phi) is 4.94. The second kappa shape index (κ2) is 5.23. The summed E-state index contributed by atoms with van der Waals surface area (Å²) in [7, 11) is 0. The average Bonchev–Trinajstić information content (AvgIpc) is 1.91. The van der Waals surface area contributed by atoms with Crippen LogP contribution in [0.1, 0.15) is 13.8 Å². The summed E-state index contributed by atoms with van der Waals surface area (Å²) in [6.45, 7) is 9.90. The van der Waals surface area contributed by atoms with Gasteiger partial charge in [0.25, 0.3) is 0 Å². The standard InChI is InChI=1S/C7H14N2S/c1-4-9(5-2)7(3)8-6-10/h6H,3-5H2,1-2H3,(H,8,10). The molecule has 0 amide bonds. The molecule has 0 aliphatic carbocycles. The van der Waals surface area contributed by atoms with Gasteiger partial charge in [0.2, 0.25) is 0 Å². The van der Waals surface area contributed by atoms with E-state index in [-0.39, 0.29) is 0 Å². The van der Waals surface area contributed by atoms with Crippen LogP contribution in [-0.4, -0.2) is 23.5 Å². The molecule has 0 aromatic heterocycles. The zero-order valence-corrected chi connectivity index (χ0v) is 7.37. The lowest BCUT2D eigenvalue weighted by Gasteiger charge is -2.22. The summed E-state index contributed by atoms with van der Waals surface area (Å²) in [6, 6.07) is 0. The van der Waals surface area contributed by atoms with Crippen LogP contribution in [0, 0.1) is 0 Å². The molecule has 0 unspecified atom stereocenters. The van der Waals surface area contributed by atoms with Gasteiger partial charge in [0.1, 0.15) is 0 Å². The van der Waals surface area contributed by atoms with Crippen LogP contribution in [0.3, 0.4) is 0 Å². The molecule has 0 atom stereocenters. The lowest BCUT2D eigenvalue weighted by molar-refractivity contribution is 0.371. The van der Waals surface area contributed by atoms with Crippen LogP contribution in [0.15, 0.2) is 12.4 Å². The summed E-state index contributed by atoms with van der Waals surface area (Å²) < 4.78 is 0. The molecule has 0 bridgehead atoms. The predicted molar refractivity (Wildman–Crippen MR) is 48.9 cm³/mol. The van der Waals surface area contributed by atoms with E-state index in [1.807, 2.05) is 0 Å². The SMILES string of the molecule is C=C(NC=S)N(CC)CC. The Hall–Kier alpha value is -0.570. The van der Waals surface area contributed by atoms with Gasteiger partial charge in [0, 0.05) is 13.1 Å². The number of hydrogen-bond donors (Lipinski definition) is 1. The maximum atomic E-state index is 4.62. The third-order valence-corrected chi connectivity index (χ3v) is 1.49. The maximum Gasteiger partial charge on any atom is 0.0984 e. The van der Waals surface area contributed by atoms with Gasteiger partial charge in [-0.3, -0.25) is 0 Å². The van der Waals surface area contributed by atoms with Gasteiger partial charge in [-0.2, -0.15) is 0 Å². The fraction of sp³-hybridized carbons (Fsp3) is 0.571. The topological polar surface area (TPSA) is 15.3 Å². The van der Waals surface area contributed by atoms with E-state index in [2.05, 4.69) is 42.9 Å².